The summed E-state index contributed by atoms with van der Waals surface area (Å²) in [5.41, 5.74) is 1.87. The Kier molecular flexibility index (Phi) is 2.80. The van der Waals surface area contributed by atoms with Crippen molar-refractivity contribution in [2.24, 2.45) is 0 Å². The lowest BCUT2D eigenvalue weighted by atomic mass is 10.1. The number of carbonyl (C=O) groups is 4. The number of amides is 3. The molecule has 2 aliphatic rings. The zero-order valence-corrected chi connectivity index (χ0v) is 12.2. The van der Waals surface area contributed by atoms with E-state index in [1.807, 2.05) is 0 Å². The van der Waals surface area contributed by atoms with E-state index in [0.29, 0.717) is 11.4 Å². The first-order valence-corrected chi connectivity index (χ1v) is 7.14. The zero-order valence-electron chi connectivity index (χ0n) is 12.2. The van der Waals surface area contributed by atoms with Crippen LogP contribution in [0, 0.1) is 0 Å². The Bertz CT molecular complexity index is 963. The minimum atomic E-state index is -1.17. The van der Waals surface area contributed by atoms with Gasteiger partial charge in [-0.3, -0.25) is 14.4 Å². The molecule has 2 aromatic carbocycles. The molecule has 7 heteroatoms. The van der Waals surface area contributed by atoms with Gasteiger partial charge in [0.05, 0.1) is 28.8 Å². The van der Waals surface area contributed by atoms with E-state index in [0.717, 1.165) is 10.5 Å². The van der Waals surface area contributed by atoms with Crippen LogP contribution >= 0.6 is 0 Å². The van der Waals surface area contributed by atoms with Gasteiger partial charge in [0, 0.05) is 5.69 Å². The average molecular weight is 322 g/mol. The molecule has 24 heavy (non-hydrogen) atoms. The van der Waals surface area contributed by atoms with E-state index in [-0.39, 0.29) is 29.0 Å². The number of rotatable bonds is 2. The predicted molar refractivity (Wildman–Crippen MR) is 83.3 cm³/mol. The first-order chi connectivity index (χ1) is 11.5. The summed E-state index contributed by atoms with van der Waals surface area (Å²) in [6.45, 7) is 0. The minimum Gasteiger partial charge on any atom is -0.478 e. The molecule has 0 aromatic heterocycles. The maximum Gasteiger partial charge on any atom is 0.335 e. The van der Waals surface area contributed by atoms with Crippen LogP contribution < -0.4 is 10.2 Å². The number of imide groups is 1. The molecular weight excluding hydrogens is 312 g/mol. The van der Waals surface area contributed by atoms with Gasteiger partial charge in [-0.2, -0.15) is 0 Å². The van der Waals surface area contributed by atoms with Crippen LogP contribution in [-0.4, -0.2) is 28.8 Å². The van der Waals surface area contributed by atoms with Gasteiger partial charge in [0.1, 0.15) is 0 Å². The number of anilines is 2. The van der Waals surface area contributed by atoms with E-state index in [2.05, 4.69) is 5.32 Å². The second kappa shape index (κ2) is 4.76. The SMILES string of the molecule is O=C1Cc2ccc(N3C(=O)c4ccc(C(=O)O)cc4C3=O)cc2N1. The number of hydrogen-bond acceptors (Lipinski definition) is 4. The van der Waals surface area contributed by atoms with Crippen LogP contribution in [0.2, 0.25) is 0 Å². The van der Waals surface area contributed by atoms with E-state index < -0.39 is 17.8 Å². The third kappa shape index (κ3) is 1.91. The molecule has 0 unspecified atom stereocenters. The number of hydrogen-bond donors (Lipinski definition) is 2. The van der Waals surface area contributed by atoms with Gasteiger partial charge in [0.15, 0.2) is 0 Å². The Morgan fingerprint density at radius 1 is 1.00 bits per heavy atom. The second-order valence-corrected chi connectivity index (χ2v) is 5.58. The summed E-state index contributed by atoms with van der Waals surface area (Å²) in [5.74, 6) is -2.41. The quantitative estimate of drug-likeness (QED) is 0.819. The third-order valence-electron chi connectivity index (χ3n) is 4.11. The van der Waals surface area contributed by atoms with E-state index >= 15 is 0 Å². The maximum absolute atomic E-state index is 12.6. The Hall–Kier alpha value is -3.48. The fourth-order valence-corrected chi connectivity index (χ4v) is 2.95. The molecule has 2 heterocycles. The van der Waals surface area contributed by atoms with Crippen molar-refractivity contribution in [3.63, 3.8) is 0 Å². The van der Waals surface area contributed by atoms with Crippen LogP contribution in [0.5, 0.6) is 0 Å². The smallest absolute Gasteiger partial charge is 0.335 e. The van der Waals surface area contributed by atoms with Crippen LogP contribution in [-0.2, 0) is 11.2 Å². The van der Waals surface area contributed by atoms with Crippen LogP contribution in [0.4, 0.5) is 11.4 Å². The van der Waals surface area contributed by atoms with E-state index in [4.69, 9.17) is 5.11 Å². The molecule has 0 saturated heterocycles. The number of aromatic carboxylic acids is 1. The molecule has 2 aliphatic heterocycles. The standard InChI is InChI=1S/C17H10N2O5/c20-14-6-8-1-3-10(7-13(8)18-14)19-15(21)11-4-2-9(17(23)24)5-12(11)16(19)22/h1-5,7H,6H2,(H,18,20)(H,23,24). The van der Waals surface area contributed by atoms with Gasteiger partial charge in [-0.25, -0.2) is 9.69 Å². The Balaban J connectivity index is 1.77. The van der Waals surface area contributed by atoms with Gasteiger partial charge < -0.3 is 10.4 Å². The summed E-state index contributed by atoms with van der Waals surface area (Å²) < 4.78 is 0. The lowest BCUT2D eigenvalue weighted by Crippen LogP contribution is -2.29. The van der Waals surface area contributed by atoms with E-state index in [1.54, 1.807) is 18.2 Å². The van der Waals surface area contributed by atoms with E-state index in [9.17, 15) is 19.2 Å². The summed E-state index contributed by atoms with van der Waals surface area (Å²) in [6.07, 6.45) is 0.264. The molecule has 2 N–H and O–H groups in total. The maximum atomic E-state index is 12.6. The van der Waals surface area contributed by atoms with Crippen LogP contribution in [0.15, 0.2) is 36.4 Å². The van der Waals surface area contributed by atoms with Crippen molar-refractivity contribution < 1.29 is 24.3 Å². The summed E-state index contributed by atoms with van der Waals surface area (Å²) in [4.78, 5) is 48.6. The van der Waals surface area contributed by atoms with Crippen LogP contribution in [0.25, 0.3) is 0 Å². The summed E-state index contributed by atoms with van der Waals surface area (Å²) >= 11 is 0. The first kappa shape index (κ1) is 14.1. The number of fused-ring (bicyclic) bond motifs is 2. The fraction of sp³-hybridized carbons (Fsp3) is 0.0588. The summed E-state index contributed by atoms with van der Waals surface area (Å²) in [7, 11) is 0. The molecule has 0 saturated carbocycles. The molecule has 0 spiro atoms. The van der Waals surface area contributed by atoms with Crippen molar-refractivity contribution in [2.45, 2.75) is 6.42 Å². The summed E-state index contributed by atoms with van der Waals surface area (Å²) in [6, 6.07) is 8.69. The lowest BCUT2D eigenvalue weighted by Gasteiger charge is -2.14. The monoisotopic (exact) mass is 322 g/mol. The summed E-state index contributed by atoms with van der Waals surface area (Å²) in [5, 5.41) is 11.7. The van der Waals surface area contributed by atoms with Crippen LogP contribution in [0.1, 0.15) is 36.6 Å². The normalized spacial score (nSPS) is 15.3. The average Bonchev–Trinajstić information content (AvgIpc) is 3.04. The van der Waals surface area contributed by atoms with Crippen molar-refractivity contribution in [1.82, 2.24) is 0 Å². The highest BCUT2D eigenvalue weighted by atomic mass is 16.4. The molecule has 3 amide bonds. The molecule has 0 atom stereocenters. The van der Waals surface area contributed by atoms with Gasteiger partial charge in [-0.05, 0) is 35.9 Å². The molecule has 7 nitrogen and oxygen atoms in total. The topological polar surface area (TPSA) is 104 Å². The van der Waals surface area contributed by atoms with Crippen LogP contribution in [0.3, 0.4) is 0 Å². The molecule has 0 fully saturated rings. The Labute approximate surface area is 135 Å². The first-order valence-electron chi connectivity index (χ1n) is 7.14. The molecule has 4 rings (SSSR count). The molecular formula is C17H10N2O5. The highest BCUT2D eigenvalue weighted by molar-refractivity contribution is 6.34. The second-order valence-electron chi connectivity index (χ2n) is 5.58. The molecule has 0 bridgehead atoms. The molecule has 118 valence electrons. The van der Waals surface area contributed by atoms with Gasteiger partial charge in [-0.15, -0.1) is 0 Å². The van der Waals surface area contributed by atoms with Crippen molar-refractivity contribution in [3.8, 4) is 0 Å². The van der Waals surface area contributed by atoms with Gasteiger partial charge >= 0.3 is 5.97 Å². The van der Waals surface area contributed by atoms with Crippen molar-refractivity contribution >= 4 is 35.1 Å². The van der Waals surface area contributed by atoms with E-state index in [1.165, 1.54) is 18.2 Å². The molecule has 2 aromatic rings. The number of carboxylic acid groups (broad SMARTS) is 1. The minimum absolute atomic E-state index is 0.0574. The Morgan fingerprint density at radius 3 is 2.50 bits per heavy atom. The Morgan fingerprint density at radius 2 is 1.75 bits per heavy atom. The van der Waals surface area contributed by atoms with Gasteiger partial charge in [0.25, 0.3) is 11.8 Å². The number of nitrogens with zero attached hydrogens (tertiary/aromatic N) is 1. The predicted octanol–water partition coefficient (Wildman–Crippen LogP) is 1.68. The number of carboxylic acids is 1. The lowest BCUT2D eigenvalue weighted by molar-refractivity contribution is -0.115. The third-order valence-corrected chi connectivity index (χ3v) is 4.11. The number of nitrogens with one attached hydrogen (secondary N) is 1. The highest BCUT2D eigenvalue weighted by Gasteiger charge is 2.37. The van der Waals surface area contributed by atoms with Crippen molar-refractivity contribution in [2.75, 3.05) is 10.2 Å². The fourth-order valence-electron chi connectivity index (χ4n) is 2.95. The molecule has 0 aliphatic carbocycles. The van der Waals surface area contributed by atoms with Gasteiger partial charge in [-0.1, -0.05) is 6.07 Å². The van der Waals surface area contributed by atoms with Crippen molar-refractivity contribution in [3.05, 3.63) is 58.7 Å². The van der Waals surface area contributed by atoms with Gasteiger partial charge in [0.2, 0.25) is 5.91 Å². The number of carbonyl (C=O) groups excluding carboxylic acids is 3. The zero-order chi connectivity index (χ0) is 17.0. The highest BCUT2D eigenvalue weighted by Crippen LogP contribution is 2.33. The molecule has 0 radical (unpaired) electrons. The largest absolute Gasteiger partial charge is 0.478 e. The number of benzene rings is 2. The van der Waals surface area contributed by atoms with Crippen molar-refractivity contribution in [1.29, 1.82) is 0 Å².